The monoisotopic (exact) mass is 239 g/mol. The first-order chi connectivity index (χ1) is 7.88. The van der Waals surface area contributed by atoms with E-state index in [1.165, 1.54) is 6.07 Å². The van der Waals surface area contributed by atoms with Crippen LogP contribution in [0, 0.1) is 10.1 Å². The van der Waals surface area contributed by atoms with E-state index in [0.717, 1.165) is 6.07 Å². The van der Waals surface area contributed by atoms with Gasteiger partial charge in [-0.1, -0.05) is 13.8 Å². The molecule has 0 amide bonds. The molecule has 0 aliphatic rings. The van der Waals surface area contributed by atoms with Crippen LogP contribution in [-0.4, -0.2) is 21.1 Å². The van der Waals surface area contributed by atoms with Crippen LogP contribution in [0.4, 0.5) is 5.69 Å². The Kier molecular flexibility index (Phi) is 3.67. The summed E-state index contributed by atoms with van der Waals surface area (Å²) in [4.78, 5) is 20.9. The molecule has 0 saturated carbocycles. The van der Waals surface area contributed by atoms with Crippen molar-refractivity contribution in [1.82, 2.24) is 0 Å². The predicted molar refractivity (Wildman–Crippen MR) is 60.4 cm³/mol. The molecule has 1 rings (SSSR count). The number of phenols is 1. The van der Waals surface area contributed by atoms with E-state index in [9.17, 15) is 20.0 Å². The molecule has 0 fully saturated rings. The minimum absolute atomic E-state index is 0.145. The molecule has 0 spiro atoms. The van der Waals surface area contributed by atoms with Crippen molar-refractivity contribution in [3.8, 4) is 5.75 Å². The first-order valence-corrected chi connectivity index (χ1v) is 5.13. The van der Waals surface area contributed by atoms with Crippen LogP contribution >= 0.6 is 0 Å². The van der Waals surface area contributed by atoms with Gasteiger partial charge in [0, 0.05) is 17.7 Å². The van der Waals surface area contributed by atoms with Crippen molar-refractivity contribution in [3.05, 3.63) is 33.4 Å². The molecule has 6 nitrogen and oxygen atoms in total. The largest absolute Gasteiger partial charge is 0.507 e. The second-order valence-corrected chi connectivity index (χ2v) is 3.80. The van der Waals surface area contributed by atoms with Crippen molar-refractivity contribution in [2.24, 2.45) is 0 Å². The molecule has 6 heteroatoms. The van der Waals surface area contributed by atoms with E-state index in [2.05, 4.69) is 0 Å². The highest BCUT2D eigenvalue weighted by molar-refractivity contribution is 5.92. The Balaban J connectivity index is 3.48. The number of aromatic carboxylic acids is 1. The Labute approximate surface area is 97.7 Å². The third kappa shape index (κ3) is 2.52. The van der Waals surface area contributed by atoms with Gasteiger partial charge in [-0.15, -0.1) is 0 Å². The molecule has 1 aromatic carbocycles. The lowest BCUT2D eigenvalue weighted by atomic mass is 9.94. The van der Waals surface area contributed by atoms with Crippen LogP contribution in [0.25, 0.3) is 0 Å². The van der Waals surface area contributed by atoms with Gasteiger partial charge in [-0.3, -0.25) is 10.1 Å². The van der Waals surface area contributed by atoms with Crippen LogP contribution in [0.1, 0.15) is 42.1 Å². The molecule has 0 bridgehead atoms. The molecule has 0 radical (unpaired) electrons. The third-order valence-corrected chi connectivity index (χ3v) is 2.71. The van der Waals surface area contributed by atoms with Gasteiger partial charge in [-0.2, -0.15) is 0 Å². The standard InChI is InChI=1S/C11H13NO5/c1-3-6(2)8-4-7(12(16)17)5-9(10(8)13)11(14)15/h4-6,13H,3H2,1-2H3,(H,14,15). The number of hydrogen-bond donors (Lipinski definition) is 2. The number of aromatic hydroxyl groups is 1. The van der Waals surface area contributed by atoms with Crippen LogP contribution in [0.15, 0.2) is 12.1 Å². The smallest absolute Gasteiger partial charge is 0.339 e. The molecule has 92 valence electrons. The van der Waals surface area contributed by atoms with Crippen LogP contribution in [0.2, 0.25) is 0 Å². The average Bonchev–Trinajstić information content (AvgIpc) is 2.27. The third-order valence-electron chi connectivity index (χ3n) is 2.71. The van der Waals surface area contributed by atoms with Crippen molar-refractivity contribution in [3.63, 3.8) is 0 Å². The van der Waals surface area contributed by atoms with Crippen molar-refractivity contribution in [2.45, 2.75) is 26.2 Å². The summed E-state index contributed by atoms with van der Waals surface area (Å²) < 4.78 is 0. The lowest BCUT2D eigenvalue weighted by molar-refractivity contribution is -0.385. The van der Waals surface area contributed by atoms with Crippen LogP contribution < -0.4 is 0 Å². The van der Waals surface area contributed by atoms with Crippen LogP contribution in [0.5, 0.6) is 5.75 Å². The summed E-state index contributed by atoms with van der Waals surface area (Å²) in [5.74, 6) is -1.92. The van der Waals surface area contributed by atoms with Gasteiger partial charge in [0.2, 0.25) is 0 Å². The van der Waals surface area contributed by atoms with Gasteiger partial charge in [0.1, 0.15) is 11.3 Å². The SMILES string of the molecule is CCC(C)c1cc([N+](=O)[O-])cc(C(=O)O)c1O. The van der Waals surface area contributed by atoms with Gasteiger partial charge in [-0.25, -0.2) is 4.79 Å². The van der Waals surface area contributed by atoms with E-state index in [-0.39, 0.29) is 11.6 Å². The number of hydrogen-bond acceptors (Lipinski definition) is 4. The van der Waals surface area contributed by atoms with Crippen molar-refractivity contribution in [1.29, 1.82) is 0 Å². The van der Waals surface area contributed by atoms with Crippen LogP contribution in [-0.2, 0) is 0 Å². The Bertz CT molecular complexity index is 469. The molecule has 1 aromatic rings. The van der Waals surface area contributed by atoms with E-state index in [4.69, 9.17) is 5.11 Å². The quantitative estimate of drug-likeness (QED) is 0.621. The number of nitro groups is 1. The Morgan fingerprint density at radius 2 is 2.12 bits per heavy atom. The molecule has 2 N–H and O–H groups in total. The highest BCUT2D eigenvalue weighted by Crippen LogP contribution is 2.34. The molecular formula is C11H13NO5. The number of benzene rings is 1. The van der Waals surface area contributed by atoms with Crippen molar-refractivity contribution < 1.29 is 19.9 Å². The zero-order valence-electron chi connectivity index (χ0n) is 9.51. The molecule has 0 aliphatic carbocycles. The number of rotatable bonds is 4. The first kappa shape index (κ1) is 13.0. The van der Waals surface area contributed by atoms with E-state index in [1.54, 1.807) is 6.92 Å². The summed E-state index contributed by atoms with van der Waals surface area (Å²) in [5.41, 5.74) is -0.468. The van der Waals surface area contributed by atoms with Gasteiger partial charge in [-0.05, 0) is 12.3 Å². The summed E-state index contributed by atoms with van der Waals surface area (Å²) >= 11 is 0. The Morgan fingerprint density at radius 3 is 2.53 bits per heavy atom. The molecule has 0 aliphatic heterocycles. The maximum absolute atomic E-state index is 10.9. The topological polar surface area (TPSA) is 101 Å². The molecule has 0 aromatic heterocycles. The molecule has 17 heavy (non-hydrogen) atoms. The van der Waals surface area contributed by atoms with Gasteiger partial charge >= 0.3 is 5.97 Å². The number of carboxylic acid groups (broad SMARTS) is 1. The fourth-order valence-electron chi connectivity index (χ4n) is 1.51. The van der Waals surface area contributed by atoms with Crippen LogP contribution in [0.3, 0.4) is 0 Å². The van der Waals surface area contributed by atoms with Crippen molar-refractivity contribution >= 4 is 11.7 Å². The van der Waals surface area contributed by atoms with Gasteiger partial charge in [0.05, 0.1) is 4.92 Å². The maximum atomic E-state index is 10.9. The Morgan fingerprint density at radius 1 is 1.53 bits per heavy atom. The number of non-ortho nitro benzene ring substituents is 1. The summed E-state index contributed by atoms with van der Waals surface area (Å²) in [6.07, 6.45) is 0.647. The maximum Gasteiger partial charge on any atom is 0.339 e. The molecular weight excluding hydrogens is 226 g/mol. The molecule has 0 heterocycles. The van der Waals surface area contributed by atoms with E-state index < -0.39 is 22.2 Å². The fourth-order valence-corrected chi connectivity index (χ4v) is 1.51. The number of nitro benzene ring substituents is 1. The van der Waals surface area contributed by atoms with Gasteiger partial charge < -0.3 is 10.2 Å². The second kappa shape index (κ2) is 4.82. The summed E-state index contributed by atoms with van der Waals surface area (Å²) in [7, 11) is 0. The minimum atomic E-state index is -1.38. The predicted octanol–water partition coefficient (Wildman–Crippen LogP) is 2.51. The zero-order chi connectivity index (χ0) is 13.2. The average molecular weight is 239 g/mol. The normalized spacial score (nSPS) is 12.1. The highest BCUT2D eigenvalue weighted by atomic mass is 16.6. The molecule has 1 unspecified atom stereocenters. The van der Waals surface area contributed by atoms with E-state index >= 15 is 0 Å². The summed E-state index contributed by atoms with van der Waals surface area (Å²) in [6, 6.07) is 2.08. The number of nitrogens with zero attached hydrogens (tertiary/aromatic N) is 1. The van der Waals surface area contributed by atoms with Crippen molar-refractivity contribution in [2.75, 3.05) is 0 Å². The molecule has 0 saturated heterocycles. The minimum Gasteiger partial charge on any atom is -0.507 e. The van der Waals surface area contributed by atoms with E-state index in [0.29, 0.717) is 12.0 Å². The first-order valence-electron chi connectivity index (χ1n) is 5.13. The zero-order valence-corrected chi connectivity index (χ0v) is 9.51. The number of carboxylic acids is 1. The summed E-state index contributed by atoms with van der Waals surface area (Å²) in [6.45, 7) is 3.62. The van der Waals surface area contributed by atoms with Gasteiger partial charge in [0.25, 0.3) is 5.69 Å². The lowest BCUT2D eigenvalue weighted by Crippen LogP contribution is -2.03. The fraction of sp³-hybridized carbons (Fsp3) is 0.364. The lowest BCUT2D eigenvalue weighted by Gasteiger charge is -2.12. The highest BCUT2D eigenvalue weighted by Gasteiger charge is 2.22. The molecule has 1 atom stereocenters. The Hall–Kier alpha value is -2.11. The summed E-state index contributed by atoms with van der Waals surface area (Å²) in [5, 5.41) is 29.3. The van der Waals surface area contributed by atoms with Gasteiger partial charge in [0.15, 0.2) is 0 Å². The number of carbonyl (C=O) groups is 1. The van der Waals surface area contributed by atoms with E-state index in [1.807, 2.05) is 6.92 Å². The second-order valence-electron chi connectivity index (χ2n) is 3.80.